The van der Waals surface area contributed by atoms with E-state index in [1.807, 2.05) is 52.0 Å². The van der Waals surface area contributed by atoms with Crippen LogP contribution in [0.25, 0.3) is 0 Å². The van der Waals surface area contributed by atoms with Crippen LogP contribution in [0.2, 0.25) is 0 Å². The summed E-state index contributed by atoms with van der Waals surface area (Å²) in [7, 11) is 1.67. The topological polar surface area (TPSA) is 61.9 Å². The summed E-state index contributed by atoms with van der Waals surface area (Å²) in [4.78, 5) is 28.4. The van der Waals surface area contributed by atoms with Crippen LogP contribution in [0.15, 0.2) is 24.3 Å². The smallest absolute Gasteiger partial charge is 0.243 e. The van der Waals surface area contributed by atoms with E-state index in [0.717, 1.165) is 24.3 Å². The van der Waals surface area contributed by atoms with Gasteiger partial charge in [-0.15, -0.1) is 0 Å². The SMILES string of the molecule is Cc1ccc(NC(=O)CN(C)C(=O)[C@@H](C)N2C[C@@H](C)O[C@@H](C)C2)cc1. The minimum atomic E-state index is -0.272. The maximum Gasteiger partial charge on any atom is 0.243 e. The van der Waals surface area contributed by atoms with Gasteiger partial charge in [0, 0.05) is 25.8 Å². The normalized spacial score (nSPS) is 22.3. The standard InChI is InChI=1S/C19H29N3O3/c1-13-6-8-17(9-7-13)20-18(23)12-21(5)19(24)16(4)22-10-14(2)25-15(3)11-22/h6-9,14-16H,10-12H2,1-5H3,(H,20,23)/t14-,15+,16-/m1/s1. The molecular formula is C19H29N3O3. The summed E-state index contributed by atoms with van der Waals surface area (Å²) in [5.41, 5.74) is 1.87. The van der Waals surface area contributed by atoms with Crippen LogP contribution in [-0.2, 0) is 14.3 Å². The number of likely N-dealkylation sites (N-methyl/N-ethyl adjacent to an activating group) is 1. The number of aryl methyl sites for hydroxylation is 1. The molecule has 0 aliphatic carbocycles. The van der Waals surface area contributed by atoms with E-state index in [9.17, 15) is 9.59 Å². The van der Waals surface area contributed by atoms with Crippen molar-refractivity contribution in [1.82, 2.24) is 9.80 Å². The number of rotatable bonds is 5. The average molecular weight is 347 g/mol. The number of carbonyl (C=O) groups excluding carboxylic acids is 2. The quantitative estimate of drug-likeness (QED) is 0.884. The number of hydrogen-bond acceptors (Lipinski definition) is 4. The highest BCUT2D eigenvalue weighted by atomic mass is 16.5. The number of carbonyl (C=O) groups is 2. The summed E-state index contributed by atoms with van der Waals surface area (Å²) in [6, 6.07) is 7.31. The molecule has 1 aliphatic heterocycles. The summed E-state index contributed by atoms with van der Waals surface area (Å²) in [5, 5.41) is 2.82. The minimum absolute atomic E-state index is 0.0342. The molecule has 0 spiro atoms. The number of morpholine rings is 1. The van der Waals surface area contributed by atoms with Crippen molar-refractivity contribution in [2.24, 2.45) is 0 Å². The lowest BCUT2D eigenvalue weighted by atomic mass is 10.1. The fraction of sp³-hybridized carbons (Fsp3) is 0.579. The molecule has 0 saturated carbocycles. The Balaban J connectivity index is 1.88. The monoisotopic (exact) mass is 347 g/mol. The molecule has 1 aromatic carbocycles. The van der Waals surface area contributed by atoms with E-state index in [2.05, 4.69) is 10.2 Å². The van der Waals surface area contributed by atoms with Crippen LogP contribution in [0.4, 0.5) is 5.69 Å². The molecule has 1 N–H and O–H groups in total. The zero-order chi connectivity index (χ0) is 18.6. The molecule has 0 aromatic heterocycles. The molecular weight excluding hydrogens is 318 g/mol. The van der Waals surface area contributed by atoms with Crippen molar-refractivity contribution in [1.29, 1.82) is 0 Å². The van der Waals surface area contributed by atoms with Crippen LogP contribution in [0.5, 0.6) is 0 Å². The Bertz CT molecular complexity index is 592. The Kier molecular flexibility index (Phi) is 6.56. The van der Waals surface area contributed by atoms with E-state index < -0.39 is 0 Å². The summed E-state index contributed by atoms with van der Waals surface area (Å²) < 4.78 is 5.72. The first-order valence-electron chi connectivity index (χ1n) is 8.77. The van der Waals surface area contributed by atoms with E-state index in [0.29, 0.717) is 0 Å². The van der Waals surface area contributed by atoms with Crippen molar-refractivity contribution in [3.63, 3.8) is 0 Å². The largest absolute Gasteiger partial charge is 0.373 e. The van der Waals surface area contributed by atoms with Gasteiger partial charge in [-0.3, -0.25) is 14.5 Å². The Labute approximate surface area is 150 Å². The van der Waals surface area contributed by atoms with Crippen LogP contribution < -0.4 is 5.32 Å². The molecule has 1 saturated heterocycles. The molecule has 3 atom stereocenters. The molecule has 0 unspecified atom stereocenters. The van der Waals surface area contributed by atoms with E-state index in [-0.39, 0.29) is 36.6 Å². The van der Waals surface area contributed by atoms with E-state index in [4.69, 9.17) is 4.74 Å². The number of nitrogens with zero attached hydrogens (tertiary/aromatic N) is 2. The van der Waals surface area contributed by atoms with Gasteiger partial charge >= 0.3 is 0 Å². The lowest BCUT2D eigenvalue weighted by Crippen LogP contribution is -2.54. The van der Waals surface area contributed by atoms with Gasteiger partial charge in [-0.1, -0.05) is 17.7 Å². The van der Waals surface area contributed by atoms with Crippen molar-refractivity contribution in [2.75, 3.05) is 32.0 Å². The van der Waals surface area contributed by atoms with Crippen molar-refractivity contribution >= 4 is 17.5 Å². The molecule has 0 bridgehead atoms. The molecule has 1 aromatic rings. The maximum atomic E-state index is 12.7. The molecule has 1 heterocycles. The Morgan fingerprint density at radius 1 is 1.24 bits per heavy atom. The van der Waals surface area contributed by atoms with Gasteiger partial charge in [0.1, 0.15) is 0 Å². The van der Waals surface area contributed by atoms with Crippen LogP contribution >= 0.6 is 0 Å². The zero-order valence-electron chi connectivity index (χ0n) is 15.8. The molecule has 25 heavy (non-hydrogen) atoms. The van der Waals surface area contributed by atoms with E-state index in [1.165, 1.54) is 4.90 Å². The summed E-state index contributed by atoms with van der Waals surface area (Å²) >= 11 is 0. The lowest BCUT2D eigenvalue weighted by Gasteiger charge is -2.39. The van der Waals surface area contributed by atoms with Crippen molar-refractivity contribution in [3.8, 4) is 0 Å². The molecule has 6 heteroatoms. The van der Waals surface area contributed by atoms with E-state index in [1.54, 1.807) is 7.05 Å². The van der Waals surface area contributed by atoms with Gasteiger partial charge in [0.15, 0.2) is 0 Å². The third-order valence-electron chi connectivity index (χ3n) is 4.45. The summed E-state index contributed by atoms with van der Waals surface area (Å²) in [6.07, 6.45) is 0.211. The second-order valence-electron chi connectivity index (χ2n) is 7.00. The van der Waals surface area contributed by atoms with Gasteiger partial charge in [0.25, 0.3) is 0 Å². The zero-order valence-corrected chi connectivity index (χ0v) is 15.8. The van der Waals surface area contributed by atoms with Gasteiger partial charge in [0.2, 0.25) is 11.8 Å². The summed E-state index contributed by atoms with van der Waals surface area (Å²) in [5.74, 6) is -0.254. The second kappa shape index (κ2) is 8.45. The highest BCUT2D eigenvalue weighted by Crippen LogP contribution is 2.15. The number of hydrogen-bond donors (Lipinski definition) is 1. The van der Waals surface area contributed by atoms with Gasteiger partial charge in [-0.05, 0) is 39.8 Å². The molecule has 2 rings (SSSR count). The average Bonchev–Trinajstić information content (AvgIpc) is 2.54. The molecule has 138 valence electrons. The van der Waals surface area contributed by atoms with Crippen LogP contribution in [0.3, 0.4) is 0 Å². The molecule has 2 amide bonds. The first-order valence-corrected chi connectivity index (χ1v) is 8.77. The second-order valence-corrected chi connectivity index (χ2v) is 7.00. The number of ether oxygens (including phenoxy) is 1. The lowest BCUT2D eigenvalue weighted by molar-refractivity contribution is -0.142. The number of nitrogens with one attached hydrogen (secondary N) is 1. The number of benzene rings is 1. The van der Waals surface area contributed by atoms with Crippen molar-refractivity contribution in [2.45, 2.75) is 45.9 Å². The highest BCUT2D eigenvalue weighted by molar-refractivity contribution is 5.95. The third kappa shape index (κ3) is 5.54. The highest BCUT2D eigenvalue weighted by Gasteiger charge is 2.31. The number of amides is 2. The predicted molar refractivity (Wildman–Crippen MR) is 98.5 cm³/mol. The fourth-order valence-corrected chi connectivity index (χ4v) is 3.14. The minimum Gasteiger partial charge on any atom is -0.373 e. The molecule has 6 nitrogen and oxygen atoms in total. The van der Waals surface area contributed by atoms with Gasteiger partial charge in [-0.25, -0.2) is 0 Å². The molecule has 1 fully saturated rings. The van der Waals surface area contributed by atoms with Gasteiger partial charge < -0.3 is 15.0 Å². The summed E-state index contributed by atoms with van der Waals surface area (Å²) in [6.45, 7) is 9.39. The Morgan fingerprint density at radius 3 is 2.36 bits per heavy atom. The Hall–Kier alpha value is -1.92. The van der Waals surface area contributed by atoms with Crippen LogP contribution in [-0.4, -0.2) is 66.5 Å². The first-order chi connectivity index (χ1) is 11.8. The first kappa shape index (κ1) is 19.4. The van der Waals surface area contributed by atoms with E-state index >= 15 is 0 Å². The molecule has 0 radical (unpaired) electrons. The van der Waals surface area contributed by atoms with Crippen molar-refractivity contribution in [3.05, 3.63) is 29.8 Å². The number of anilines is 1. The fourth-order valence-electron chi connectivity index (χ4n) is 3.14. The van der Waals surface area contributed by atoms with Crippen LogP contribution in [0, 0.1) is 6.92 Å². The van der Waals surface area contributed by atoms with Crippen molar-refractivity contribution < 1.29 is 14.3 Å². The maximum absolute atomic E-state index is 12.7. The van der Waals surface area contributed by atoms with Crippen LogP contribution in [0.1, 0.15) is 26.3 Å². The Morgan fingerprint density at radius 2 is 1.80 bits per heavy atom. The molecule has 1 aliphatic rings. The van der Waals surface area contributed by atoms with Gasteiger partial charge in [0.05, 0.1) is 24.8 Å². The predicted octanol–water partition coefficient (Wildman–Crippen LogP) is 1.89. The van der Waals surface area contributed by atoms with Gasteiger partial charge in [-0.2, -0.15) is 0 Å². The third-order valence-corrected chi connectivity index (χ3v) is 4.45.